The molecular weight excluding hydrogens is 756 g/mol. The van der Waals surface area contributed by atoms with E-state index in [1.165, 1.54) is 31.4 Å². The first-order valence-corrected chi connectivity index (χ1v) is 21.3. The van der Waals surface area contributed by atoms with Crippen LogP contribution in [0, 0.1) is 66.6 Å². The van der Waals surface area contributed by atoms with E-state index < -0.39 is 6.04 Å². The third-order valence-corrected chi connectivity index (χ3v) is 13.1. The monoisotopic (exact) mass is 804 g/mol. The Morgan fingerprint density at radius 3 is 2.46 bits per heavy atom. The molecule has 1 N–H and O–H groups in total. The van der Waals surface area contributed by atoms with E-state index >= 15 is 0 Å². The number of rotatable bonds is 8. The van der Waals surface area contributed by atoms with Gasteiger partial charge in [0, 0.05) is 66.3 Å². The van der Waals surface area contributed by atoms with E-state index in [1.54, 1.807) is 11.0 Å². The van der Waals surface area contributed by atoms with Crippen molar-refractivity contribution >= 4 is 29.3 Å². The first-order chi connectivity index (χ1) is 28.6. The number of hydrogen-bond acceptors (Lipinski definition) is 6. The molecule has 1 aromatic heterocycles. The average molecular weight is 805 g/mol. The quantitative estimate of drug-likeness (QED) is 0.144. The molecule has 3 amide bonds. The lowest BCUT2D eigenvalue weighted by atomic mass is 9.82. The smallest absolute Gasteiger partial charge is 0.255 e. The van der Waals surface area contributed by atoms with Gasteiger partial charge in [-0.3, -0.25) is 24.4 Å². The maximum Gasteiger partial charge on any atom is 0.255 e. The summed E-state index contributed by atoms with van der Waals surface area (Å²) in [5, 5.41) is 16.9. The van der Waals surface area contributed by atoms with E-state index in [2.05, 4.69) is 78.1 Å². The van der Waals surface area contributed by atoms with E-state index in [1.807, 2.05) is 35.0 Å². The maximum atomic E-state index is 13.2. The molecule has 0 bridgehead atoms. The summed E-state index contributed by atoms with van der Waals surface area (Å²) in [6, 6.07) is 21.3. The Bertz CT molecular complexity index is 2450. The van der Waals surface area contributed by atoms with Crippen LogP contribution in [0.5, 0.6) is 0 Å². The lowest BCUT2D eigenvalue weighted by molar-refractivity contribution is -0.136. The maximum absolute atomic E-state index is 13.2. The summed E-state index contributed by atoms with van der Waals surface area (Å²) in [5.41, 5.74) is 9.00. The second-order valence-corrected chi connectivity index (χ2v) is 17.1. The number of likely N-dealkylation sites (tertiary alicyclic amines) is 1. The zero-order valence-electron chi connectivity index (χ0n) is 33.8. The minimum absolute atomic E-state index is 0.162. The van der Waals surface area contributed by atoms with Crippen LogP contribution in [0.4, 0.5) is 0 Å². The van der Waals surface area contributed by atoms with Gasteiger partial charge in [-0.25, -0.2) is 0 Å². The van der Waals surface area contributed by atoms with Gasteiger partial charge in [-0.1, -0.05) is 59.5 Å². The fourth-order valence-corrected chi connectivity index (χ4v) is 9.33. The third-order valence-electron chi connectivity index (χ3n) is 12.7. The molecule has 2 saturated heterocycles. The molecule has 300 valence electrons. The van der Waals surface area contributed by atoms with E-state index in [9.17, 15) is 19.6 Å². The van der Waals surface area contributed by atoms with Gasteiger partial charge in [0.15, 0.2) is 0 Å². The van der Waals surface area contributed by atoms with E-state index in [4.69, 9.17) is 16.7 Å². The molecule has 9 nitrogen and oxygen atoms in total. The fourth-order valence-electron chi connectivity index (χ4n) is 9.11. The summed E-state index contributed by atoms with van der Waals surface area (Å²) in [4.78, 5) is 41.3. The van der Waals surface area contributed by atoms with Crippen LogP contribution in [0.3, 0.4) is 0 Å². The van der Waals surface area contributed by atoms with Gasteiger partial charge in [0.25, 0.3) is 5.91 Å². The molecule has 10 heteroatoms. The number of nitrogens with one attached hydrogen (secondary N) is 1. The number of benzene rings is 3. The molecule has 1 saturated carbocycles. The number of carbonyl (C=O) groups is 3. The van der Waals surface area contributed by atoms with Crippen molar-refractivity contribution in [3.63, 3.8) is 0 Å². The van der Waals surface area contributed by atoms with E-state index in [0.29, 0.717) is 47.5 Å². The first kappa shape index (κ1) is 40.1. The average Bonchev–Trinajstić information content (AvgIpc) is 3.91. The highest BCUT2D eigenvalue weighted by atomic mass is 35.5. The largest absolute Gasteiger partial charge is 0.322 e. The molecular formula is C49H49ClN6O3. The minimum atomic E-state index is -0.603. The summed E-state index contributed by atoms with van der Waals surface area (Å²) in [6.07, 6.45) is 8.55. The third kappa shape index (κ3) is 9.16. The molecule has 4 aromatic rings. The van der Waals surface area contributed by atoms with Crippen LogP contribution in [-0.2, 0) is 22.7 Å². The molecule has 1 aliphatic carbocycles. The molecule has 2 unspecified atom stereocenters. The Morgan fingerprint density at radius 2 is 1.69 bits per heavy atom. The van der Waals surface area contributed by atoms with Gasteiger partial charge in [-0.2, -0.15) is 10.4 Å². The van der Waals surface area contributed by atoms with Crippen molar-refractivity contribution in [1.82, 2.24) is 24.9 Å². The van der Waals surface area contributed by atoms with Crippen molar-refractivity contribution in [2.75, 3.05) is 19.6 Å². The summed E-state index contributed by atoms with van der Waals surface area (Å²) in [6.45, 7) is 8.69. The Kier molecular flexibility index (Phi) is 12.0. The van der Waals surface area contributed by atoms with Gasteiger partial charge < -0.3 is 9.80 Å². The topological polar surface area (TPSA) is 111 Å². The zero-order chi connectivity index (χ0) is 41.0. The Balaban J connectivity index is 0.751. The van der Waals surface area contributed by atoms with Crippen molar-refractivity contribution in [3.8, 4) is 41.0 Å². The predicted molar refractivity (Wildman–Crippen MR) is 228 cm³/mol. The van der Waals surface area contributed by atoms with Gasteiger partial charge in [0.1, 0.15) is 12.1 Å². The van der Waals surface area contributed by atoms with E-state index in [0.717, 1.165) is 83.9 Å². The highest BCUT2D eigenvalue weighted by Crippen LogP contribution is 2.32. The lowest BCUT2D eigenvalue weighted by Crippen LogP contribution is -2.52. The van der Waals surface area contributed by atoms with Crippen LogP contribution in [0.1, 0.15) is 107 Å². The second-order valence-electron chi connectivity index (χ2n) is 16.7. The minimum Gasteiger partial charge on any atom is -0.322 e. The highest BCUT2D eigenvalue weighted by Gasteiger charge is 2.39. The molecule has 4 aliphatic rings. The lowest BCUT2D eigenvalue weighted by Gasteiger charge is -2.29. The van der Waals surface area contributed by atoms with Crippen molar-refractivity contribution in [2.45, 2.75) is 90.8 Å². The molecule has 2 atom stereocenters. The van der Waals surface area contributed by atoms with Crippen molar-refractivity contribution < 1.29 is 14.4 Å². The molecule has 4 heterocycles. The molecule has 0 radical (unpaired) electrons. The summed E-state index contributed by atoms with van der Waals surface area (Å²) >= 11 is 6.31. The van der Waals surface area contributed by atoms with Gasteiger partial charge in [0.05, 0.1) is 22.8 Å². The van der Waals surface area contributed by atoms with Crippen LogP contribution in [0.15, 0.2) is 60.7 Å². The van der Waals surface area contributed by atoms with E-state index in [-0.39, 0.29) is 24.1 Å². The van der Waals surface area contributed by atoms with Gasteiger partial charge in [-0.15, -0.1) is 0 Å². The SMILES string of the molecule is Cc1c(-c2ccc(C#N)c(Cl)c2)nn(Cc2ccc(C#CC3CCC(CN4CCC(CCC#Cc5ccc6c(c5)C(=O)N(C5CCC(=O)NC5=O)C6)C4)CC3)cc2)c1C. The van der Waals surface area contributed by atoms with Crippen molar-refractivity contribution in [3.05, 3.63) is 110 Å². The Morgan fingerprint density at radius 1 is 0.898 bits per heavy atom. The van der Waals surface area contributed by atoms with Crippen molar-refractivity contribution in [1.29, 1.82) is 5.26 Å². The second kappa shape index (κ2) is 17.7. The normalized spacial score (nSPS) is 21.6. The van der Waals surface area contributed by atoms with Crippen LogP contribution < -0.4 is 5.32 Å². The predicted octanol–water partition coefficient (Wildman–Crippen LogP) is 7.81. The van der Waals surface area contributed by atoms with Crippen molar-refractivity contribution in [2.24, 2.45) is 17.8 Å². The van der Waals surface area contributed by atoms with Gasteiger partial charge >= 0.3 is 0 Å². The number of amides is 3. The van der Waals surface area contributed by atoms with Crippen LogP contribution in [-0.4, -0.2) is 63.0 Å². The summed E-state index contributed by atoms with van der Waals surface area (Å²) < 4.78 is 2.03. The van der Waals surface area contributed by atoms with Gasteiger partial charge in [0.2, 0.25) is 11.8 Å². The highest BCUT2D eigenvalue weighted by molar-refractivity contribution is 6.32. The molecule has 3 fully saturated rings. The standard InChI is InChI=1S/C49H49ClN6O3/c1-32-33(2)56(53-47(32)40-19-20-41(27-51)44(50)26-40)30-39-15-11-35(12-16-39)8-7-34-9-13-38(14-10-34)29-54-24-23-37(28-54)6-4-3-5-36-17-18-42-31-55(49(59)43(42)25-36)45-21-22-46(57)52-48(45)58/h11-12,15-20,25-26,34,37-38,45H,4,6,9-10,13-14,21-24,28-31H2,1-2H3,(H,52,57,58). The molecule has 0 spiro atoms. The zero-order valence-corrected chi connectivity index (χ0v) is 34.6. The molecule has 3 aliphatic heterocycles. The first-order valence-electron chi connectivity index (χ1n) is 20.9. The number of carbonyl (C=O) groups excluding carboxylic acids is 3. The number of nitrogens with zero attached hydrogens (tertiary/aromatic N) is 5. The fraction of sp³-hybridized carbons (Fsp3) is 0.408. The Hall–Kier alpha value is -5.66. The van der Waals surface area contributed by atoms with Crippen LogP contribution in [0.25, 0.3) is 11.3 Å². The summed E-state index contributed by atoms with van der Waals surface area (Å²) in [5.74, 6) is 14.7. The van der Waals surface area contributed by atoms with Crippen LogP contribution >= 0.6 is 11.6 Å². The van der Waals surface area contributed by atoms with Gasteiger partial charge in [-0.05, 0) is 130 Å². The molecule has 59 heavy (non-hydrogen) atoms. The number of fused-ring (bicyclic) bond motifs is 1. The summed E-state index contributed by atoms with van der Waals surface area (Å²) in [7, 11) is 0. The number of imide groups is 1. The van der Waals surface area contributed by atoms with Crippen LogP contribution in [0.2, 0.25) is 5.02 Å². The number of halogens is 1. The Labute approximate surface area is 352 Å². The number of hydrogen-bond donors (Lipinski definition) is 1. The number of nitriles is 1. The molecule has 3 aromatic carbocycles. The molecule has 8 rings (SSSR count). The number of piperidine rings is 1. The number of aromatic nitrogens is 2.